The molecule has 30 heavy (non-hydrogen) atoms. The molecule has 5 heteroatoms. The second-order valence-corrected chi connectivity index (χ2v) is 7.11. The quantitative estimate of drug-likeness (QED) is 0.429. The molecule has 2 N–H and O–H groups in total. The van der Waals surface area contributed by atoms with Crippen LogP contribution in [0.4, 0.5) is 5.69 Å². The summed E-state index contributed by atoms with van der Waals surface area (Å²) in [4.78, 5) is 29.2. The SMILES string of the molecule is Cc1[nH]c2ccccc2c1C(=O)C(C)Oc1ccccc1C(=O)Nc1ccccc1. The van der Waals surface area contributed by atoms with Gasteiger partial charge in [0.1, 0.15) is 5.75 Å². The average molecular weight is 398 g/mol. The van der Waals surface area contributed by atoms with Crippen LogP contribution in [-0.4, -0.2) is 22.8 Å². The minimum atomic E-state index is -0.756. The van der Waals surface area contributed by atoms with E-state index < -0.39 is 6.10 Å². The van der Waals surface area contributed by atoms with Gasteiger partial charge in [0, 0.05) is 27.8 Å². The maximum Gasteiger partial charge on any atom is 0.259 e. The van der Waals surface area contributed by atoms with Gasteiger partial charge >= 0.3 is 0 Å². The van der Waals surface area contributed by atoms with Crippen LogP contribution in [0.2, 0.25) is 0 Å². The number of aryl methyl sites for hydroxylation is 1. The van der Waals surface area contributed by atoms with Crippen molar-refractivity contribution < 1.29 is 14.3 Å². The Kier molecular flexibility index (Phi) is 5.35. The first kappa shape index (κ1) is 19.5. The summed E-state index contributed by atoms with van der Waals surface area (Å²) in [6, 6.07) is 23.8. The molecule has 3 aromatic carbocycles. The molecule has 0 spiro atoms. The van der Waals surface area contributed by atoms with Gasteiger partial charge in [0.2, 0.25) is 5.78 Å². The van der Waals surface area contributed by atoms with E-state index in [1.54, 1.807) is 31.2 Å². The van der Waals surface area contributed by atoms with Gasteiger partial charge in [-0.3, -0.25) is 9.59 Å². The standard InChI is InChI=1S/C25H22N2O3/c1-16-23(19-12-6-8-14-21(19)26-16)24(28)17(2)30-22-15-9-7-13-20(22)25(29)27-18-10-4-3-5-11-18/h3-15,17,26H,1-2H3,(H,27,29). The highest BCUT2D eigenvalue weighted by Crippen LogP contribution is 2.26. The zero-order chi connectivity index (χ0) is 21.1. The molecule has 1 unspecified atom stereocenters. The second-order valence-electron chi connectivity index (χ2n) is 7.11. The van der Waals surface area contributed by atoms with Crippen LogP contribution in [0.15, 0.2) is 78.9 Å². The molecule has 0 aliphatic heterocycles. The number of rotatable bonds is 6. The van der Waals surface area contributed by atoms with Crippen molar-refractivity contribution in [1.82, 2.24) is 4.98 Å². The number of amides is 1. The lowest BCUT2D eigenvalue weighted by Gasteiger charge is -2.17. The molecule has 4 aromatic rings. The Morgan fingerprint density at radius 3 is 2.37 bits per heavy atom. The number of anilines is 1. The summed E-state index contributed by atoms with van der Waals surface area (Å²) in [5.74, 6) is -0.0628. The number of carbonyl (C=O) groups excluding carboxylic acids is 2. The number of hydrogen-bond donors (Lipinski definition) is 2. The molecule has 4 rings (SSSR count). The molecule has 1 atom stereocenters. The highest BCUT2D eigenvalue weighted by Gasteiger charge is 2.24. The Bertz CT molecular complexity index is 1210. The van der Waals surface area contributed by atoms with Crippen LogP contribution >= 0.6 is 0 Å². The lowest BCUT2D eigenvalue weighted by molar-refractivity contribution is 0.0813. The van der Waals surface area contributed by atoms with Crippen molar-refractivity contribution in [3.63, 3.8) is 0 Å². The third kappa shape index (κ3) is 3.82. The summed E-state index contributed by atoms with van der Waals surface area (Å²) in [5.41, 5.74) is 3.39. The summed E-state index contributed by atoms with van der Waals surface area (Å²) >= 11 is 0. The van der Waals surface area contributed by atoms with Crippen LogP contribution in [0, 0.1) is 6.92 Å². The highest BCUT2D eigenvalue weighted by atomic mass is 16.5. The molecule has 0 bridgehead atoms. The van der Waals surface area contributed by atoms with E-state index >= 15 is 0 Å². The van der Waals surface area contributed by atoms with E-state index in [4.69, 9.17) is 4.74 Å². The predicted octanol–water partition coefficient (Wildman–Crippen LogP) is 5.38. The van der Waals surface area contributed by atoms with E-state index in [0.717, 1.165) is 16.6 Å². The molecule has 0 aliphatic rings. The minimum Gasteiger partial charge on any atom is -0.482 e. The topological polar surface area (TPSA) is 71.2 Å². The summed E-state index contributed by atoms with van der Waals surface area (Å²) in [6.45, 7) is 3.58. The molecule has 150 valence electrons. The number of aromatic amines is 1. The van der Waals surface area contributed by atoms with Crippen LogP contribution in [0.25, 0.3) is 10.9 Å². The number of nitrogens with one attached hydrogen (secondary N) is 2. The number of para-hydroxylation sites is 3. The summed E-state index contributed by atoms with van der Waals surface area (Å²) in [7, 11) is 0. The maximum atomic E-state index is 13.2. The molecule has 0 saturated heterocycles. The molecule has 0 fully saturated rings. The van der Waals surface area contributed by atoms with Gasteiger partial charge in [-0.1, -0.05) is 48.5 Å². The first-order valence-corrected chi connectivity index (χ1v) is 9.78. The van der Waals surface area contributed by atoms with Crippen LogP contribution in [-0.2, 0) is 0 Å². The number of hydrogen-bond acceptors (Lipinski definition) is 3. The van der Waals surface area contributed by atoms with Crippen molar-refractivity contribution in [2.45, 2.75) is 20.0 Å². The zero-order valence-corrected chi connectivity index (χ0v) is 16.8. The molecule has 1 heterocycles. The molecular weight excluding hydrogens is 376 g/mol. The van der Waals surface area contributed by atoms with E-state index in [1.807, 2.05) is 61.5 Å². The fourth-order valence-corrected chi connectivity index (χ4v) is 3.52. The first-order chi connectivity index (χ1) is 14.5. The van der Waals surface area contributed by atoms with Crippen LogP contribution in [0.1, 0.15) is 33.3 Å². The summed E-state index contributed by atoms with van der Waals surface area (Å²) in [5, 5.41) is 3.72. The van der Waals surface area contributed by atoms with Gasteiger partial charge in [0.25, 0.3) is 5.91 Å². The minimum absolute atomic E-state index is 0.136. The number of carbonyl (C=O) groups is 2. The Labute approximate surface area is 174 Å². The molecule has 0 radical (unpaired) electrons. The van der Waals surface area contributed by atoms with Crippen LogP contribution in [0.3, 0.4) is 0 Å². The van der Waals surface area contributed by atoms with Gasteiger partial charge < -0.3 is 15.0 Å². The highest BCUT2D eigenvalue weighted by molar-refractivity contribution is 6.11. The Balaban J connectivity index is 1.58. The third-order valence-corrected chi connectivity index (χ3v) is 4.98. The number of fused-ring (bicyclic) bond motifs is 1. The van der Waals surface area contributed by atoms with Crippen LogP contribution < -0.4 is 10.1 Å². The normalized spacial score (nSPS) is 11.8. The monoisotopic (exact) mass is 398 g/mol. The number of Topliss-reactive ketones (excluding diaryl/α,β-unsaturated/α-hetero) is 1. The van der Waals surface area contributed by atoms with Crippen molar-refractivity contribution in [2.24, 2.45) is 0 Å². The fourth-order valence-electron chi connectivity index (χ4n) is 3.52. The van der Waals surface area contributed by atoms with E-state index in [0.29, 0.717) is 22.6 Å². The Hall–Kier alpha value is -3.86. The van der Waals surface area contributed by atoms with Gasteiger partial charge in [-0.05, 0) is 44.2 Å². The van der Waals surface area contributed by atoms with Crippen molar-refractivity contribution in [3.8, 4) is 5.75 Å². The largest absolute Gasteiger partial charge is 0.482 e. The molecule has 0 aliphatic carbocycles. The third-order valence-electron chi connectivity index (χ3n) is 4.98. The number of aromatic nitrogens is 1. The van der Waals surface area contributed by atoms with E-state index in [2.05, 4.69) is 10.3 Å². The molecule has 5 nitrogen and oxygen atoms in total. The number of ketones is 1. The average Bonchev–Trinajstić information content (AvgIpc) is 3.09. The lowest BCUT2D eigenvalue weighted by atomic mass is 10.0. The molecule has 1 amide bonds. The van der Waals surface area contributed by atoms with Gasteiger partial charge in [0.15, 0.2) is 6.10 Å². The molecule has 0 saturated carbocycles. The van der Waals surface area contributed by atoms with Gasteiger partial charge in [-0.15, -0.1) is 0 Å². The molecule has 1 aromatic heterocycles. The van der Waals surface area contributed by atoms with Crippen molar-refractivity contribution in [3.05, 3.63) is 95.7 Å². The predicted molar refractivity (Wildman–Crippen MR) is 118 cm³/mol. The van der Waals surface area contributed by atoms with Crippen molar-refractivity contribution >= 4 is 28.3 Å². The summed E-state index contributed by atoms with van der Waals surface area (Å²) < 4.78 is 5.97. The smallest absolute Gasteiger partial charge is 0.259 e. The van der Waals surface area contributed by atoms with Crippen LogP contribution in [0.5, 0.6) is 5.75 Å². The van der Waals surface area contributed by atoms with Gasteiger partial charge in [-0.2, -0.15) is 0 Å². The maximum absolute atomic E-state index is 13.2. The summed E-state index contributed by atoms with van der Waals surface area (Å²) in [6.07, 6.45) is -0.756. The Morgan fingerprint density at radius 1 is 0.900 bits per heavy atom. The fraction of sp³-hybridized carbons (Fsp3) is 0.120. The van der Waals surface area contributed by atoms with Crippen molar-refractivity contribution in [2.75, 3.05) is 5.32 Å². The number of benzene rings is 3. The second kappa shape index (κ2) is 8.25. The van der Waals surface area contributed by atoms with E-state index in [1.165, 1.54) is 0 Å². The Morgan fingerprint density at radius 2 is 1.57 bits per heavy atom. The first-order valence-electron chi connectivity index (χ1n) is 9.78. The van der Waals surface area contributed by atoms with E-state index in [9.17, 15) is 9.59 Å². The zero-order valence-electron chi connectivity index (χ0n) is 16.8. The van der Waals surface area contributed by atoms with Gasteiger partial charge in [-0.25, -0.2) is 0 Å². The number of H-pyrrole nitrogens is 1. The lowest BCUT2D eigenvalue weighted by Crippen LogP contribution is -2.25. The van der Waals surface area contributed by atoms with E-state index in [-0.39, 0.29) is 11.7 Å². The van der Waals surface area contributed by atoms with Crippen molar-refractivity contribution in [1.29, 1.82) is 0 Å². The molecular formula is C25H22N2O3. The van der Waals surface area contributed by atoms with Gasteiger partial charge in [0.05, 0.1) is 5.56 Å². The number of ether oxygens (including phenoxy) is 1.